The number of aryl methyl sites for hydroxylation is 2. The Bertz CT molecular complexity index is 392. The van der Waals surface area contributed by atoms with E-state index in [1.54, 1.807) is 0 Å². The summed E-state index contributed by atoms with van der Waals surface area (Å²) in [5.41, 5.74) is 10.2. The van der Waals surface area contributed by atoms with Gasteiger partial charge in [0, 0.05) is 18.6 Å². The standard InChI is InChI=1S/C16H26N2/c1-12-4-5-14(10-13(12)2)11-18(3)16-8-6-15(17)7-9-16/h4-5,10,15-16H,6-9,11,17H2,1-3H3. The third-order valence-electron chi connectivity index (χ3n) is 4.37. The third kappa shape index (κ3) is 3.33. The van der Waals surface area contributed by atoms with E-state index in [1.165, 1.54) is 42.4 Å². The second-order valence-electron chi connectivity index (χ2n) is 5.90. The number of benzene rings is 1. The average molecular weight is 246 g/mol. The lowest BCUT2D eigenvalue weighted by atomic mass is 9.91. The van der Waals surface area contributed by atoms with Gasteiger partial charge in [-0.2, -0.15) is 0 Å². The minimum Gasteiger partial charge on any atom is -0.328 e. The smallest absolute Gasteiger partial charge is 0.0233 e. The van der Waals surface area contributed by atoms with Gasteiger partial charge in [-0.15, -0.1) is 0 Å². The monoisotopic (exact) mass is 246 g/mol. The molecule has 0 atom stereocenters. The van der Waals surface area contributed by atoms with Gasteiger partial charge >= 0.3 is 0 Å². The summed E-state index contributed by atoms with van der Waals surface area (Å²) in [7, 11) is 2.25. The molecule has 1 aromatic rings. The van der Waals surface area contributed by atoms with Gasteiger partial charge in [0.1, 0.15) is 0 Å². The third-order valence-corrected chi connectivity index (χ3v) is 4.37. The molecule has 0 amide bonds. The highest BCUT2D eigenvalue weighted by Gasteiger charge is 2.21. The van der Waals surface area contributed by atoms with Crippen LogP contribution in [0.3, 0.4) is 0 Å². The molecule has 1 aromatic carbocycles. The molecule has 0 heterocycles. The van der Waals surface area contributed by atoms with Crippen molar-refractivity contribution in [3.8, 4) is 0 Å². The molecule has 0 bridgehead atoms. The van der Waals surface area contributed by atoms with Crippen LogP contribution in [0.2, 0.25) is 0 Å². The van der Waals surface area contributed by atoms with Crippen LogP contribution < -0.4 is 5.73 Å². The topological polar surface area (TPSA) is 29.3 Å². The lowest BCUT2D eigenvalue weighted by molar-refractivity contribution is 0.176. The minimum absolute atomic E-state index is 0.441. The van der Waals surface area contributed by atoms with Crippen molar-refractivity contribution in [1.29, 1.82) is 0 Å². The van der Waals surface area contributed by atoms with Crippen LogP contribution in [0.1, 0.15) is 42.4 Å². The van der Waals surface area contributed by atoms with E-state index in [2.05, 4.69) is 44.0 Å². The molecule has 2 rings (SSSR count). The fourth-order valence-corrected chi connectivity index (χ4v) is 2.86. The average Bonchev–Trinajstić information content (AvgIpc) is 2.34. The normalized spacial score (nSPS) is 24.5. The highest BCUT2D eigenvalue weighted by atomic mass is 15.1. The highest BCUT2D eigenvalue weighted by Crippen LogP contribution is 2.22. The Kier molecular flexibility index (Phi) is 4.41. The Balaban J connectivity index is 1.94. The van der Waals surface area contributed by atoms with E-state index in [9.17, 15) is 0 Å². The molecule has 0 radical (unpaired) electrons. The van der Waals surface area contributed by atoms with E-state index in [1.807, 2.05) is 0 Å². The summed E-state index contributed by atoms with van der Waals surface area (Å²) in [6.07, 6.45) is 4.87. The fourth-order valence-electron chi connectivity index (χ4n) is 2.86. The summed E-state index contributed by atoms with van der Waals surface area (Å²) in [5, 5.41) is 0. The van der Waals surface area contributed by atoms with Gasteiger partial charge in [0.2, 0.25) is 0 Å². The zero-order valence-corrected chi connectivity index (χ0v) is 11.9. The van der Waals surface area contributed by atoms with Gasteiger partial charge in [-0.1, -0.05) is 18.2 Å². The van der Waals surface area contributed by atoms with Crippen molar-refractivity contribution in [2.24, 2.45) is 5.73 Å². The highest BCUT2D eigenvalue weighted by molar-refractivity contribution is 5.29. The number of hydrogen-bond acceptors (Lipinski definition) is 2. The van der Waals surface area contributed by atoms with E-state index >= 15 is 0 Å². The molecular formula is C16H26N2. The maximum Gasteiger partial charge on any atom is 0.0233 e. The van der Waals surface area contributed by atoms with Gasteiger partial charge in [-0.25, -0.2) is 0 Å². The molecule has 0 aliphatic heterocycles. The molecule has 1 aliphatic rings. The van der Waals surface area contributed by atoms with Gasteiger partial charge in [0.25, 0.3) is 0 Å². The van der Waals surface area contributed by atoms with Crippen LogP contribution in [-0.4, -0.2) is 24.0 Å². The largest absolute Gasteiger partial charge is 0.328 e. The molecule has 0 aromatic heterocycles. The van der Waals surface area contributed by atoms with Crippen LogP contribution in [-0.2, 0) is 6.54 Å². The van der Waals surface area contributed by atoms with Crippen molar-refractivity contribution < 1.29 is 0 Å². The van der Waals surface area contributed by atoms with Crippen LogP contribution in [0.5, 0.6) is 0 Å². The number of nitrogens with two attached hydrogens (primary N) is 1. The summed E-state index contributed by atoms with van der Waals surface area (Å²) in [4.78, 5) is 2.50. The lowest BCUT2D eigenvalue weighted by Gasteiger charge is -2.33. The van der Waals surface area contributed by atoms with Gasteiger partial charge in [-0.3, -0.25) is 4.90 Å². The van der Waals surface area contributed by atoms with Crippen LogP contribution >= 0.6 is 0 Å². The maximum absolute atomic E-state index is 5.97. The lowest BCUT2D eigenvalue weighted by Crippen LogP contribution is -2.38. The number of rotatable bonds is 3. The molecular weight excluding hydrogens is 220 g/mol. The summed E-state index contributed by atoms with van der Waals surface area (Å²) in [6, 6.07) is 7.96. The van der Waals surface area contributed by atoms with E-state index in [0.29, 0.717) is 12.1 Å². The van der Waals surface area contributed by atoms with Crippen LogP contribution in [0, 0.1) is 13.8 Å². The fraction of sp³-hybridized carbons (Fsp3) is 0.625. The van der Waals surface area contributed by atoms with Crippen molar-refractivity contribution in [2.75, 3.05) is 7.05 Å². The Hall–Kier alpha value is -0.860. The summed E-state index contributed by atoms with van der Waals surface area (Å²) in [5.74, 6) is 0. The second kappa shape index (κ2) is 5.85. The summed E-state index contributed by atoms with van der Waals surface area (Å²) < 4.78 is 0. The first-order chi connectivity index (χ1) is 8.56. The molecule has 1 aliphatic carbocycles. The molecule has 2 N–H and O–H groups in total. The number of nitrogens with zero attached hydrogens (tertiary/aromatic N) is 1. The van der Waals surface area contributed by atoms with Gasteiger partial charge in [-0.05, 0) is 63.3 Å². The Morgan fingerprint density at radius 3 is 2.39 bits per heavy atom. The first-order valence-corrected chi connectivity index (χ1v) is 7.08. The molecule has 100 valence electrons. The van der Waals surface area contributed by atoms with Crippen molar-refractivity contribution in [2.45, 2.75) is 58.2 Å². The van der Waals surface area contributed by atoms with Gasteiger partial charge in [0.15, 0.2) is 0 Å². The van der Waals surface area contributed by atoms with E-state index in [-0.39, 0.29) is 0 Å². The predicted molar refractivity (Wildman–Crippen MR) is 77.6 cm³/mol. The molecule has 1 saturated carbocycles. The van der Waals surface area contributed by atoms with E-state index < -0.39 is 0 Å². The minimum atomic E-state index is 0.441. The van der Waals surface area contributed by atoms with Crippen molar-refractivity contribution >= 4 is 0 Å². The molecule has 2 heteroatoms. The molecule has 0 saturated heterocycles. The van der Waals surface area contributed by atoms with Crippen molar-refractivity contribution in [3.05, 3.63) is 34.9 Å². The van der Waals surface area contributed by atoms with Crippen LogP contribution in [0.4, 0.5) is 0 Å². The molecule has 2 nitrogen and oxygen atoms in total. The van der Waals surface area contributed by atoms with E-state index in [0.717, 1.165) is 6.54 Å². The quantitative estimate of drug-likeness (QED) is 0.888. The van der Waals surface area contributed by atoms with Gasteiger partial charge < -0.3 is 5.73 Å². The number of hydrogen-bond donors (Lipinski definition) is 1. The molecule has 18 heavy (non-hydrogen) atoms. The first-order valence-electron chi connectivity index (χ1n) is 7.08. The first kappa shape index (κ1) is 13.6. The van der Waals surface area contributed by atoms with Crippen LogP contribution in [0.15, 0.2) is 18.2 Å². The Morgan fingerprint density at radius 2 is 1.78 bits per heavy atom. The molecule has 0 unspecified atom stereocenters. The van der Waals surface area contributed by atoms with Crippen molar-refractivity contribution in [3.63, 3.8) is 0 Å². The summed E-state index contributed by atoms with van der Waals surface area (Å²) in [6.45, 7) is 5.42. The Labute approximate surface area is 111 Å². The maximum atomic E-state index is 5.97. The Morgan fingerprint density at radius 1 is 1.11 bits per heavy atom. The zero-order valence-electron chi connectivity index (χ0n) is 11.9. The zero-order chi connectivity index (χ0) is 13.1. The van der Waals surface area contributed by atoms with Crippen LogP contribution in [0.25, 0.3) is 0 Å². The summed E-state index contributed by atoms with van der Waals surface area (Å²) >= 11 is 0. The van der Waals surface area contributed by atoms with Crippen molar-refractivity contribution in [1.82, 2.24) is 4.90 Å². The molecule has 0 spiro atoms. The second-order valence-corrected chi connectivity index (χ2v) is 5.90. The van der Waals surface area contributed by atoms with Gasteiger partial charge in [0.05, 0.1) is 0 Å². The van der Waals surface area contributed by atoms with E-state index in [4.69, 9.17) is 5.73 Å². The molecule has 1 fully saturated rings. The SMILES string of the molecule is Cc1ccc(CN(C)C2CCC(N)CC2)cc1C. The predicted octanol–water partition coefficient (Wildman–Crippen LogP) is 3.01.